The molecule has 3 nitrogen and oxygen atoms in total. The van der Waals surface area contributed by atoms with Crippen molar-refractivity contribution in [2.75, 3.05) is 0 Å². The third kappa shape index (κ3) is 4.42. The molecule has 222 valence electrons. The molecule has 1 aromatic heterocycles. The maximum absolute atomic E-state index is 6.64. The van der Waals surface area contributed by atoms with Crippen LogP contribution in [0.15, 0.2) is 136 Å². The van der Waals surface area contributed by atoms with Gasteiger partial charge in [-0.3, -0.25) is 9.98 Å². The van der Waals surface area contributed by atoms with Crippen LogP contribution in [0.1, 0.15) is 38.8 Å². The molecule has 0 saturated carbocycles. The lowest BCUT2D eigenvalue weighted by Gasteiger charge is -2.22. The average molecular weight is 595 g/mol. The molecule has 1 heterocycles. The van der Waals surface area contributed by atoms with Gasteiger partial charge in [0.05, 0.1) is 11.4 Å². The number of para-hydroxylation sites is 1. The van der Waals surface area contributed by atoms with Crippen molar-refractivity contribution in [2.24, 2.45) is 9.98 Å². The SMILES string of the molecule is C=Nc1c(/N=C(\C)c2cc(-c3cccc4c3oc3ccc5ccccc5c34)cc(C(C)(C)C)c2)c2ccccc2c2ccccc12. The molecule has 0 atom stereocenters. The molecule has 46 heavy (non-hydrogen) atoms. The lowest BCUT2D eigenvalue weighted by molar-refractivity contribution is 0.590. The summed E-state index contributed by atoms with van der Waals surface area (Å²) in [5, 5.41) is 9.13. The fourth-order valence-corrected chi connectivity index (χ4v) is 6.83. The minimum absolute atomic E-state index is 0.0769. The van der Waals surface area contributed by atoms with E-state index in [9.17, 15) is 0 Å². The molecule has 0 spiro atoms. The fourth-order valence-electron chi connectivity index (χ4n) is 6.83. The van der Waals surface area contributed by atoms with Gasteiger partial charge < -0.3 is 4.42 Å². The van der Waals surface area contributed by atoms with Crippen LogP contribution in [-0.4, -0.2) is 12.4 Å². The Morgan fingerprint density at radius 3 is 1.96 bits per heavy atom. The molecule has 0 unspecified atom stereocenters. The molecule has 0 aliphatic rings. The number of fused-ring (bicyclic) bond motifs is 8. The first-order valence-corrected chi connectivity index (χ1v) is 15.8. The first kappa shape index (κ1) is 28.0. The Labute approximate surface area is 268 Å². The van der Waals surface area contributed by atoms with Crippen molar-refractivity contribution in [3.8, 4) is 11.1 Å². The summed E-state index contributed by atoms with van der Waals surface area (Å²) >= 11 is 0. The molecule has 0 aliphatic heterocycles. The Kier molecular flexibility index (Phi) is 6.40. The smallest absolute Gasteiger partial charge is 0.143 e. The molecule has 0 fully saturated rings. The van der Waals surface area contributed by atoms with E-state index >= 15 is 0 Å². The first-order valence-electron chi connectivity index (χ1n) is 15.8. The van der Waals surface area contributed by atoms with Crippen molar-refractivity contribution >= 4 is 78.1 Å². The highest BCUT2D eigenvalue weighted by Gasteiger charge is 2.20. The van der Waals surface area contributed by atoms with E-state index in [-0.39, 0.29) is 5.41 Å². The van der Waals surface area contributed by atoms with Crippen molar-refractivity contribution in [2.45, 2.75) is 33.1 Å². The lowest BCUT2D eigenvalue weighted by atomic mass is 9.83. The zero-order valence-electron chi connectivity index (χ0n) is 26.6. The quantitative estimate of drug-likeness (QED) is 0.147. The van der Waals surface area contributed by atoms with Gasteiger partial charge in [0.1, 0.15) is 11.2 Å². The summed E-state index contributed by atoms with van der Waals surface area (Å²) in [6.45, 7) is 12.8. The van der Waals surface area contributed by atoms with E-state index in [4.69, 9.17) is 9.41 Å². The summed E-state index contributed by atoms with van der Waals surface area (Å²) < 4.78 is 6.64. The maximum Gasteiger partial charge on any atom is 0.143 e. The molecule has 0 amide bonds. The summed E-state index contributed by atoms with van der Waals surface area (Å²) in [7, 11) is 0. The highest BCUT2D eigenvalue weighted by molar-refractivity contribution is 6.22. The molecule has 8 rings (SSSR count). The van der Waals surface area contributed by atoms with Gasteiger partial charge in [-0.1, -0.05) is 124 Å². The van der Waals surface area contributed by atoms with Gasteiger partial charge in [0.15, 0.2) is 0 Å². The molecule has 0 saturated heterocycles. The van der Waals surface area contributed by atoms with Gasteiger partial charge in [-0.2, -0.15) is 0 Å². The Bertz CT molecular complexity index is 2540. The summed E-state index contributed by atoms with van der Waals surface area (Å²) in [5.41, 5.74) is 8.77. The molecule has 0 bridgehead atoms. The van der Waals surface area contributed by atoms with Gasteiger partial charge in [0.2, 0.25) is 0 Å². The summed E-state index contributed by atoms with van der Waals surface area (Å²) in [6, 6.07) is 42.9. The second kappa shape index (κ2) is 10.5. The summed E-state index contributed by atoms with van der Waals surface area (Å²) in [6.07, 6.45) is 0. The minimum Gasteiger partial charge on any atom is -0.455 e. The molecule has 7 aromatic carbocycles. The van der Waals surface area contributed by atoms with E-state index in [1.165, 1.54) is 16.3 Å². The molecule has 0 aliphatic carbocycles. The van der Waals surface area contributed by atoms with E-state index < -0.39 is 0 Å². The summed E-state index contributed by atoms with van der Waals surface area (Å²) in [4.78, 5) is 9.85. The first-order chi connectivity index (χ1) is 22.3. The normalized spacial score (nSPS) is 12.6. The van der Waals surface area contributed by atoms with Crippen molar-refractivity contribution in [1.29, 1.82) is 0 Å². The highest BCUT2D eigenvalue weighted by Crippen LogP contribution is 2.44. The van der Waals surface area contributed by atoms with Crippen LogP contribution in [0.4, 0.5) is 11.4 Å². The predicted molar refractivity (Wildman–Crippen MR) is 198 cm³/mol. The number of hydrogen-bond donors (Lipinski definition) is 0. The molecule has 3 heteroatoms. The Balaban J connectivity index is 1.37. The van der Waals surface area contributed by atoms with Crippen LogP contribution in [-0.2, 0) is 5.41 Å². The fraction of sp³-hybridized carbons (Fsp3) is 0.116. The van der Waals surface area contributed by atoms with E-state index in [1.807, 2.05) is 6.07 Å². The minimum atomic E-state index is -0.0769. The topological polar surface area (TPSA) is 37.9 Å². The molecule has 8 aromatic rings. The van der Waals surface area contributed by atoms with Crippen LogP contribution in [0.2, 0.25) is 0 Å². The van der Waals surface area contributed by atoms with Crippen molar-refractivity contribution in [3.05, 3.63) is 132 Å². The number of furan rings is 1. The van der Waals surface area contributed by atoms with Crippen LogP contribution >= 0.6 is 0 Å². The number of hydrogen-bond acceptors (Lipinski definition) is 3. The second-order valence-corrected chi connectivity index (χ2v) is 13.1. The Morgan fingerprint density at radius 2 is 1.26 bits per heavy atom. The third-order valence-corrected chi connectivity index (χ3v) is 9.23. The van der Waals surface area contributed by atoms with Crippen molar-refractivity contribution in [3.63, 3.8) is 0 Å². The van der Waals surface area contributed by atoms with Gasteiger partial charge in [-0.15, -0.1) is 0 Å². The predicted octanol–water partition coefficient (Wildman–Crippen LogP) is 12.5. The van der Waals surface area contributed by atoms with Gasteiger partial charge in [-0.25, -0.2) is 0 Å². The van der Waals surface area contributed by atoms with Crippen LogP contribution < -0.4 is 0 Å². The second-order valence-electron chi connectivity index (χ2n) is 13.1. The van der Waals surface area contributed by atoms with Crippen LogP contribution in [0.5, 0.6) is 0 Å². The molecule has 0 radical (unpaired) electrons. The van der Waals surface area contributed by atoms with Crippen LogP contribution in [0, 0.1) is 0 Å². The highest BCUT2D eigenvalue weighted by atomic mass is 16.3. The molecule has 0 N–H and O–H groups in total. The van der Waals surface area contributed by atoms with E-state index in [2.05, 4.69) is 155 Å². The van der Waals surface area contributed by atoms with Crippen LogP contribution in [0.3, 0.4) is 0 Å². The van der Waals surface area contributed by atoms with E-state index in [0.29, 0.717) is 0 Å². The molecular weight excluding hydrogens is 560 g/mol. The van der Waals surface area contributed by atoms with Gasteiger partial charge in [-0.05, 0) is 75.5 Å². The Morgan fingerprint density at radius 1 is 0.630 bits per heavy atom. The van der Waals surface area contributed by atoms with E-state index in [1.54, 1.807) is 0 Å². The molecular formula is C43H34N2O. The Hall–Kier alpha value is -5.54. The van der Waals surface area contributed by atoms with Gasteiger partial charge >= 0.3 is 0 Å². The van der Waals surface area contributed by atoms with E-state index in [0.717, 1.165) is 77.3 Å². The van der Waals surface area contributed by atoms with Crippen LogP contribution in [0.25, 0.3) is 65.4 Å². The largest absolute Gasteiger partial charge is 0.455 e. The number of aliphatic imine (C=N–C) groups is 2. The van der Waals surface area contributed by atoms with Crippen molar-refractivity contribution in [1.82, 2.24) is 0 Å². The van der Waals surface area contributed by atoms with Gasteiger partial charge in [0, 0.05) is 32.8 Å². The maximum atomic E-state index is 6.64. The number of nitrogens with zero attached hydrogens (tertiary/aromatic N) is 2. The van der Waals surface area contributed by atoms with Crippen molar-refractivity contribution < 1.29 is 4.42 Å². The standard InChI is InChI=1S/C43H34N2O/c1-26(45-41-36-18-11-9-16-34(36)33-15-8-10-17-35(33)40(41)44-5)28-23-29(25-30(24-28)43(2,3)4)32-19-12-20-37-39-31-14-7-6-13-27(31)21-22-38(39)46-42(32)37/h6-25H,5H2,1-4H3/b45-26+. The zero-order chi connectivity index (χ0) is 31.6. The lowest BCUT2D eigenvalue weighted by Crippen LogP contribution is -2.12. The summed E-state index contributed by atoms with van der Waals surface area (Å²) in [5.74, 6) is 0. The zero-order valence-corrected chi connectivity index (χ0v) is 26.6. The van der Waals surface area contributed by atoms with Gasteiger partial charge in [0.25, 0.3) is 0 Å². The number of benzene rings is 7. The average Bonchev–Trinajstić information content (AvgIpc) is 3.47. The monoisotopic (exact) mass is 594 g/mol. The third-order valence-electron chi connectivity index (χ3n) is 9.23. The number of rotatable bonds is 4.